The van der Waals surface area contributed by atoms with E-state index < -0.39 is 0 Å². The van der Waals surface area contributed by atoms with Crippen LogP contribution in [0.5, 0.6) is 0 Å². The third kappa shape index (κ3) is 2.91. The molecule has 0 spiro atoms. The topological polar surface area (TPSA) is 26.7 Å². The Labute approximate surface area is 123 Å². The number of aliphatic hydroxyl groups is 1. The first-order chi connectivity index (χ1) is 9.13. The maximum absolute atomic E-state index is 10.5. The van der Waals surface area contributed by atoms with Gasteiger partial charge in [-0.05, 0) is 24.1 Å². The van der Waals surface area contributed by atoms with Gasteiger partial charge in [0.25, 0.3) is 0 Å². The van der Waals surface area contributed by atoms with Crippen molar-refractivity contribution in [1.82, 2.24) is 9.80 Å². The fourth-order valence-electron chi connectivity index (χ4n) is 3.07. The molecule has 4 rings (SSSR count). The zero-order valence-corrected chi connectivity index (χ0v) is 12.2. The lowest BCUT2D eigenvalue weighted by Gasteiger charge is -2.49. The summed E-state index contributed by atoms with van der Waals surface area (Å²) in [5.41, 5.74) is 1.04. The molecule has 0 aromatic heterocycles. The van der Waals surface area contributed by atoms with Crippen LogP contribution in [0.15, 0.2) is 18.2 Å². The first-order valence-electron chi connectivity index (χ1n) is 6.72. The van der Waals surface area contributed by atoms with E-state index in [9.17, 15) is 5.11 Å². The molecule has 3 aliphatic heterocycles. The van der Waals surface area contributed by atoms with Crippen LogP contribution in [0.4, 0.5) is 0 Å². The van der Waals surface area contributed by atoms with Gasteiger partial charge in [-0.3, -0.25) is 9.80 Å². The van der Waals surface area contributed by atoms with Gasteiger partial charge in [-0.2, -0.15) is 0 Å². The molecule has 1 aromatic rings. The lowest BCUT2D eigenvalue weighted by Crippen LogP contribution is -2.64. The number of hydrogen-bond acceptors (Lipinski definition) is 3. The SMILES string of the molecule is OC(Cc1ccc(Cl)c(Cl)c1)C1CN2CCN1CC2. The molecule has 0 amide bonds. The summed E-state index contributed by atoms with van der Waals surface area (Å²) >= 11 is 11.9. The van der Waals surface area contributed by atoms with Crippen molar-refractivity contribution < 1.29 is 5.11 Å². The van der Waals surface area contributed by atoms with Crippen LogP contribution >= 0.6 is 23.2 Å². The molecular formula is C14H18Cl2N2O. The van der Waals surface area contributed by atoms with E-state index in [-0.39, 0.29) is 12.1 Å². The number of fused-ring (bicyclic) bond motifs is 3. The van der Waals surface area contributed by atoms with Crippen LogP contribution in [0.2, 0.25) is 10.0 Å². The van der Waals surface area contributed by atoms with Crippen molar-refractivity contribution in [3.63, 3.8) is 0 Å². The number of benzene rings is 1. The van der Waals surface area contributed by atoms with Gasteiger partial charge in [0, 0.05) is 38.8 Å². The summed E-state index contributed by atoms with van der Waals surface area (Å²) < 4.78 is 0. The van der Waals surface area contributed by atoms with Crippen molar-refractivity contribution in [3.8, 4) is 0 Å². The summed E-state index contributed by atoms with van der Waals surface area (Å²) in [6.45, 7) is 5.39. The van der Waals surface area contributed by atoms with E-state index in [2.05, 4.69) is 9.80 Å². The highest BCUT2D eigenvalue weighted by atomic mass is 35.5. The van der Waals surface area contributed by atoms with Gasteiger partial charge in [-0.25, -0.2) is 0 Å². The summed E-state index contributed by atoms with van der Waals surface area (Å²) in [4.78, 5) is 4.84. The van der Waals surface area contributed by atoms with Gasteiger partial charge in [0.15, 0.2) is 0 Å². The van der Waals surface area contributed by atoms with Crippen LogP contribution in [0, 0.1) is 0 Å². The van der Waals surface area contributed by atoms with Gasteiger partial charge < -0.3 is 5.11 Å². The first-order valence-corrected chi connectivity index (χ1v) is 7.47. The van der Waals surface area contributed by atoms with E-state index >= 15 is 0 Å². The van der Waals surface area contributed by atoms with Crippen LogP contribution in [-0.2, 0) is 6.42 Å². The number of piperazine rings is 3. The van der Waals surface area contributed by atoms with Crippen LogP contribution in [0.1, 0.15) is 5.56 Å². The summed E-state index contributed by atoms with van der Waals surface area (Å²) in [7, 11) is 0. The average molecular weight is 301 g/mol. The van der Waals surface area contributed by atoms with Gasteiger partial charge in [0.2, 0.25) is 0 Å². The molecule has 0 saturated carbocycles. The third-order valence-electron chi connectivity index (χ3n) is 4.19. The van der Waals surface area contributed by atoms with Crippen LogP contribution in [0.3, 0.4) is 0 Å². The zero-order chi connectivity index (χ0) is 13.4. The Morgan fingerprint density at radius 3 is 2.47 bits per heavy atom. The molecule has 19 heavy (non-hydrogen) atoms. The van der Waals surface area contributed by atoms with Crippen molar-refractivity contribution in [2.45, 2.75) is 18.6 Å². The molecule has 5 heteroatoms. The Morgan fingerprint density at radius 1 is 1.16 bits per heavy atom. The van der Waals surface area contributed by atoms with Crippen LogP contribution in [-0.4, -0.2) is 59.8 Å². The normalized spacial score (nSPS) is 31.4. The molecule has 3 heterocycles. The van der Waals surface area contributed by atoms with Crippen molar-refractivity contribution in [2.75, 3.05) is 32.7 Å². The van der Waals surface area contributed by atoms with E-state index in [1.165, 1.54) is 0 Å². The molecule has 3 saturated heterocycles. The molecule has 3 fully saturated rings. The number of halogens is 2. The first kappa shape index (κ1) is 13.7. The molecule has 104 valence electrons. The van der Waals surface area contributed by atoms with E-state index in [1.54, 1.807) is 6.07 Å². The molecule has 2 atom stereocenters. The summed E-state index contributed by atoms with van der Waals surface area (Å²) in [5, 5.41) is 11.6. The highest BCUT2D eigenvalue weighted by molar-refractivity contribution is 6.42. The number of nitrogens with zero attached hydrogens (tertiary/aromatic N) is 2. The molecule has 2 unspecified atom stereocenters. The Balaban J connectivity index is 1.67. The summed E-state index contributed by atoms with van der Waals surface area (Å²) in [6.07, 6.45) is 0.284. The monoisotopic (exact) mass is 300 g/mol. The predicted octanol–water partition coefficient (Wildman–Crippen LogP) is 1.90. The van der Waals surface area contributed by atoms with Gasteiger partial charge >= 0.3 is 0 Å². The Bertz CT molecular complexity index is 461. The Hall–Kier alpha value is -0.320. The fraction of sp³-hybridized carbons (Fsp3) is 0.571. The summed E-state index contributed by atoms with van der Waals surface area (Å²) in [5.74, 6) is 0. The Morgan fingerprint density at radius 2 is 1.89 bits per heavy atom. The zero-order valence-electron chi connectivity index (χ0n) is 10.7. The average Bonchev–Trinajstić information content (AvgIpc) is 2.44. The van der Waals surface area contributed by atoms with Gasteiger partial charge in [-0.15, -0.1) is 0 Å². The molecule has 0 radical (unpaired) electrons. The van der Waals surface area contributed by atoms with Crippen molar-refractivity contribution in [2.24, 2.45) is 0 Å². The predicted molar refractivity (Wildman–Crippen MR) is 78.0 cm³/mol. The standard InChI is InChI=1S/C14H18Cl2N2O/c15-11-2-1-10(7-12(11)16)8-14(19)13-9-17-3-5-18(13)6-4-17/h1-2,7,13-14,19H,3-6,8-9H2. The molecule has 2 bridgehead atoms. The molecular weight excluding hydrogens is 283 g/mol. The van der Waals surface area contributed by atoms with Crippen LogP contribution in [0.25, 0.3) is 0 Å². The summed E-state index contributed by atoms with van der Waals surface area (Å²) in [6, 6.07) is 5.83. The van der Waals surface area contributed by atoms with Gasteiger partial charge in [0.05, 0.1) is 16.1 Å². The quantitative estimate of drug-likeness (QED) is 0.924. The molecule has 1 aromatic carbocycles. The maximum atomic E-state index is 10.5. The second-order valence-corrected chi connectivity index (χ2v) is 6.24. The minimum absolute atomic E-state index is 0.247. The number of rotatable bonds is 3. The van der Waals surface area contributed by atoms with Crippen LogP contribution < -0.4 is 0 Å². The Kier molecular flexibility index (Phi) is 4.01. The second-order valence-electron chi connectivity index (χ2n) is 5.42. The molecule has 3 nitrogen and oxygen atoms in total. The van der Waals surface area contributed by atoms with Gasteiger partial charge in [-0.1, -0.05) is 29.3 Å². The maximum Gasteiger partial charge on any atom is 0.0748 e. The van der Waals surface area contributed by atoms with E-state index in [1.807, 2.05) is 12.1 Å². The number of hydrogen-bond donors (Lipinski definition) is 1. The lowest BCUT2D eigenvalue weighted by molar-refractivity contribution is -0.0453. The van der Waals surface area contributed by atoms with Crippen molar-refractivity contribution in [1.29, 1.82) is 0 Å². The van der Waals surface area contributed by atoms with E-state index in [4.69, 9.17) is 23.2 Å². The van der Waals surface area contributed by atoms with Crippen molar-refractivity contribution in [3.05, 3.63) is 33.8 Å². The third-order valence-corrected chi connectivity index (χ3v) is 4.93. The minimum Gasteiger partial charge on any atom is -0.391 e. The van der Waals surface area contributed by atoms with Crippen molar-refractivity contribution >= 4 is 23.2 Å². The molecule has 1 N–H and O–H groups in total. The highest BCUT2D eigenvalue weighted by Gasteiger charge is 2.35. The molecule has 0 aliphatic carbocycles. The molecule has 3 aliphatic rings. The fourth-order valence-corrected chi connectivity index (χ4v) is 3.39. The van der Waals surface area contributed by atoms with E-state index in [0.717, 1.165) is 38.3 Å². The van der Waals surface area contributed by atoms with Gasteiger partial charge in [0.1, 0.15) is 0 Å². The minimum atomic E-state index is -0.347. The van der Waals surface area contributed by atoms with E-state index in [0.29, 0.717) is 16.5 Å². The number of aliphatic hydroxyl groups excluding tert-OH is 1. The largest absolute Gasteiger partial charge is 0.391 e. The second kappa shape index (κ2) is 5.58. The highest BCUT2D eigenvalue weighted by Crippen LogP contribution is 2.25. The lowest BCUT2D eigenvalue weighted by atomic mass is 9.97. The smallest absolute Gasteiger partial charge is 0.0748 e.